The van der Waals surface area contributed by atoms with Crippen molar-refractivity contribution in [1.82, 2.24) is 9.88 Å². The van der Waals surface area contributed by atoms with E-state index in [1.807, 2.05) is 37.3 Å². The zero-order valence-corrected chi connectivity index (χ0v) is 20.1. The number of fused-ring (bicyclic) bond motifs is 2. The van der Waals surface area contributed by atoms with Gasteiger partial charge in [0.05, 0.1) is 12.3 Å². The SMILES string of the molecule is CCS(=O)(=O)O.Cc1c(CN(C)C(=O)C=Cc2cnc3c(c2)CCC(=O)N3)oc2ccccc12. The molecule has 0 spiro atoms. The summed E-state index contributed by atoms with van der Waals surface area (Å²) >= 11 is 0. The van der Waals surface area contributed by atoms with Gasteiger partial charge in [0.1, 0.15) is 17.2 Å². The van der Waals surface area contributed by atoms with Crippen molar-refractivity contribution in [2.24, 2.45) is 0 Å². The first-order chi connectivity index (χ1) is 16.1. The van der Waals surface area contributed by atoms with Gasteiger partial charge in [0.2, 0.25) is 11.8 Å². The molecule has 0 atom stereocenters. The van der Waals surface area contributed by atoms with Gasteiger partial charge in [-0.05, 0) is 49.6 Å². The molecule has 0 unspecified atom stereocenters. The zero-order chi connectivity index (χ0) is 24.9. The lowest BCUT2D eigenvalue weighted by Crippen LogP contribution is -2.24. The Kier molecular flexibility index (Phi) is 7.85. The van der Waals surface area contributed by atoms with Gasteiger partial charge >= 0.3 is 0 Å². The van der Waals surface area contributed by atoms with Gasteiger partial charge in [0, 0.05) is 36.7 Å². The van der Waals surface area contributed by atoms with Crippen molar-refractivity contribution in [3.63, 3.8) is 0 Å². The smallest absolute Gasteiger partial charge is 0.264 e. The standard InChI is InChI=1S/C22H21N3O3.C2H6O3S/c1-14-17-5-3-4-6-18(17)28-19(14)13-25(2)21(27)10-7-15-11-16-8-9-20(26)24-22(16)23-12-15;1-2-6(3,4)5/h3-7,10-12H,8-9,13H2,1-2H3,(H,23,24,26);2H2,1H3,(H,3,4,5). The second kappa shape index (κ2) is 10.6. The largest absolute Gasteiger partial charge is 0.459 e. The van der Waals surface area contributed by atoms with Crippen molar-refractivity contribution in [2.75, 3.05) is 18.1 Å². The summed E-state index contributed by atoms with van der Waals surface area (Å²) in [6.45, 7) is 3.78. The van der Waals surface area contributed by atoms with E-state index in [0.29, 0.717) is 25.2 Å². The minimum atomic E-state index is -3.66. The maximum atomic E-state index is 12.5. The molecule has 0 saturated carbocycles. The molecule has 1 aromatic carbocycles. The molecule has 0 aliphatic carbocycles. The molecule has 9 nitrogen and oxygen atoms in total. The van der Waals surface area contributed by atoms with E-state index in [9.17, 15) is 18.0 Å². The monoisotopic (exact) mass is 485 g/mol. The van der Waals surface area contributed by atoms with Crippen LogP contribution in [-0.2, 0) is 32.7 Å². The number of carbonyl (C=O) groups excluding carboxylic acids is 2. The molecule has 4 rings (SSSR count). The Morgan fingerprint density at radius 1 is 1.29 bits per heavy atom. The Morgan fingerprint density at radius 3 is 2.68 bits per heavy atom. The number of furan rings is 1. The van der Waals surface area contributed by atoms with Crippen LogP contribution in [0.5, 0.6) is 0 Å². The average Bonchev–Trinajstić information content (AvgIpc) is 3.12. The molecule has 3 heterocycles. The van der Waals surface area contributed by atoms with Gasteiger partial charge in [-0.3, -0.25) is 14.1 Å². The molecule has 34 heavy (non-hydrogen) atoms. The first-order valence-electron chi connectivity index (χ1n) is 10.7. The minimum absolute atomic E-state index is 0.0130. The molecular weight excluding hydrogens is 458 g/mol. The summed E-state index contributed by atoms with van der Waals surface area (Å²) in [6, 6.07) is 9.81. The van der Waals surface area contributed by atoms with E-state index in [4.69, 9.17) is 8.97 Å². The number of para-hydroxylation sites is 1. The molecule has 0 fully saturated rings. The first kappa shape index (κ1) is 25.1. The molecule has 0 radical (unpaired) electrons. The molecule has 1 aliphatic rings. The highest BCUT2D eigenvalue weighted by atomic mass is 32.2. The topological polar surface area (TPSA) is 130 Å². The number of rotatable bonds is 5. The van der Waals surface area contributed by atoms with E-state index in [0.717, 1.165) is 33.4 Å². The van der Waals surface area contributed by atoms with Gasteiger partial charge in [-0.15, -0.1) is 0 Å². The summed E-state index contributed by atoms with van der Waals surface area (Å²) in [6.07, 6.45) is 6.05. The van der Waals surface area contributed by atoms with Crippen LogP contribution < -0.4 is 5.32 Å². The molecule has 0 saturated heterocycles. The third-order valence-electron chi connectivity index (χ3n) is 5.35. The lowest BCUT2D eigenvalue weighted by Gasteiger charge is -2.16. The molecule has 1 aliphatic heterocycles. The van der Waals surface area contributed by atoms with E-state index in [-0.39, 0.29) is 17.6 Å². The minimum Gasteiger partial charge on any atom is -0.459 e. The predicted octanol–water partition coefficient (Wildman–Crippen LogP) is 3.59. The van der Waals surface area contributed by atoms with Crippen LogP contribution >= 0.6 is 0 Å². The number of anilines is 1. The average molecular weight is 486 g/mol. The summed E-state index contributed by atoms with van der Waals surface area (Å²) in [4.78, 5) is 29.8. The van der Waals surface area contributed by atoms with Gasteiger partial charge in [-0.25, -0.2) is 4.98 Å². The van der Waals surface area contributed by atoms with E-state index < -0.39 is 10.1 Å². The molecule has 10 heteroatoms. The number of aryl methyl sites for hydroxylation is 2. The fraction of sp³-hybridized carbons (Fsp3) is 0.292. The van der Waals surface area contributed by atoms with Crippen molar-refractivity contribution < 1.29 is 27.0 Å². The number of nitrogens with zero attached hydrogens (tertiary/aromatic N) is 2. The highest BCUT2D eigenvalue weighted by molar-refractivity contribution is 7.85. The third-order valence-corrected chi connectivity index (χ3v) is 6.08. The van der Waals surface area contributed by atoms with Gasteiger partial charge in [-0.2, -0.15) is 8.42 Å². The van der Waals surface area contributed by atoms with Crippen LogP contribution in [0, 0.1) is 6.92 Å². The van der Waals surface area contributed by atoms with Crippen molar-refractivity contribution in [1.29, 1.82) is 0 Å². The maximum Gasteiger partial charge on any atom is 0.264 e. The summed E-state index contributed by atoms with van der Waals surface area (Å²) in [5, 5.41) is 3.82. The lowest BCUT2D eigenvalue weighted by molar-refractivity contribution is -0.125. The Bertz CT molecular complexity index is 1340. The molecule has 0 bridgehead atoms. The summed E-state index contributed by atoms with van der Waals surface area (Å²) in [7, 11) is -1.91. The van der Waals surface area contributed by atoms with E-state index in [2.05, 4.69) is 10.3 Å². The van der Waals surface area contributed by atoms with Crippen LogP contribution in [0.2, 0.25) is 0 Å². The third kappa shape index (κ3) is 6.52. The zero-order valence-electron chi connectivity index (χ0n) is 19.2. The van der Waals surface area contributed by atoms with Crippen molar-refractivity contribution >= 4 is 44.8 Å². The van der Waals surface area contributed by atoms with Crippen molar-refractivity contribution in [3.8, 4) is 0 Å². The number of hydrogen-bond donors (Lipinski definition) is 2. The summed E-state index contributed by atoms with van der Waals surface area (Å²) < 4.78 is 32.8. The molecule has 2 aromatic heterocycles. The number of hydrogen-bond acceptors (Lipinski definition) is 6. The van der Waals surface area contributed by atoms with E-state index in [1.54, 1.807) is 24.2 Å². The number of aromatic nitrogens is 1. The van der Waals surface area contributed by atoms with E-state index in [1.165, 1.54) is 13.0 Å². The number of likely N-dealkylation sites (N-methyl/N-ethyl adjacent to an activating group) is 1. The van der Waals surface area contributed by atoms with Gasteiger partial charge in [-0.1, -0.05) is 18.2 Å². The number of amides is 2. The molecule has 3 aromatic rings. The van der Waals surface area contributed by atoms with Crippen LogP contribution in [0.25, 0.3) is 17.0 Å². The number of carbonyl (C=O) groups is 2. The van der Waals surface area contributed by atoms with Crippen molar-refractivity contribution in [2.45, 2.75) is 33.2 Å². The van der Waals surface area contributed by atoms with Crippen molar-refractivity contribution in [3.05, 3.63) is 65.1 Å². The summed E-state index contributed by atoms with van der Waals surface area (Å²) in [5.74, 6) is 1.06. The highest BCUT2D eigenvalue weighted by Gasteiger charge is 2.16. The quantitative estimate of drug-likeness (QED) is 0.417. The highest BCUT2D eigenvalue weighted by Crippen LogP contribution is 2.26. The van der Waals surface area contributed by atoms with Gasteiger partial charge in [0.25, 0.3) is 10.1 Å². The van der Waals surface area contributed by atoms with Crippen LogP contribution in [0.3, 0.4) is 0 Å². The fourth-order valence-electron chi connectivity index (χ4n) is 3.33. The predicted molar refractivity (Wildman–Crippen MR) is 130 cm³/mol. The summed E-state index contributed by atoms with van der Waals surface area (Å²) in [5.41, 5.74) is 3.70. The normalized spacial score (nSPS) is 13.2. The Balaban J connectivity index is 0.000000481. The first-order valence-corrected chi connectivity index (χ1v) is 12.3. The molecule has 2 amide bonds. The van der Waals surface area contributed by atoms with E-state index >= 15 is 0 Å². The maximum absolute atomic E-state index is 12.5. The van der Waals surface area contributed by atoms with Crippen LogP contribution in [0.1, 0.15) is 35.8 Å². The molecule has 180 valence electrons. The Labute approximate surface area is 198 Å². The van der Waals surface area contributed by atoms with Gasteiger partial charge < -0.3 is 14.6 Å². The van der Waals surface area contributed by atoms with Crippen LogP contribution in [0.4, 0.5) is 5.82 Å². The number of nitrogens with one attached hydrogen (secondary N) is 1. The molecular formula is C24H27N3O6S. The number of benzene rings is 1. The fourth-order valence-corrected chi connectivity index (χ4v) is 3.33. The molecule has 2 N–H and O–H groups in total. The Hall–Kier alpha value is -3.50. The second-order valence-corrected chi connectivity index (χ2v) is 9.61. The second-order valence-electron chi connectivity index (χ2n) is 7.87. The number of pyridine rings is 1. The van der Waals surface area contributed by atoms with Crippen LogP contribution in [0.15, 0.2) is 47.0 Å². The van der Waals surface area contributed by atoms with Crippen LogP contribution in [-0.4, -0.2) is 47.5 Å². The lowest BCUT2D eigenvalue weighted by atomic mass is 10.0. The van der Waals surface area contributed by atoms with Gasteiger partial charge in [0.15, 0.2) is 0 Å². The Morgan fingerprint density at radius 2 is 2.00 bits per heavy atom.